The second-order valence-electron chi connectivity index (χ2n) is 4.09. The molecule has 0 aliphatic carbocycles. The van der Waals surface area contributed by atoms with Crippen molar-refractivity contribution in [3.05, 3.63) is 0 Å². The third-order valence-corrected chi connectivity index (χ3v) is 2.20. The summed E-state index contributed by atoms with van der Waals surface area (Å²) in [4.78, 5) is 5.20. The Labute approximate surface area is 80.5 Å². The fourth-order valence-corrected chi connectivity index (χ4v) is 1.34. The van der Waals surface area contributed by atoms with E-state index in [0.717, 1.165) is 0 Å². The van der Waals surface area contributed by atoms with E-state index in [1.54, 1.807) is 0 Å². The van der Waals surface area contributed by atoms with E-state index < -0.39 is 9.84 Å². The van der Waals surface area contributed by atoms with Crippen LogP contribution in [0.3, 0.4) is 0 Å². The van der Waals surface area contributed by atoms with Crippen molar-refractivity contribution in [2.24, 2.45) is 0 Å². The maximum absolute atomic E-state index is 10.7. The summed E-state index contributed by atoms with van der Waals surface area (Å²) in [5.41, 5.74) is 2.50. The van der Waals surface area contributed by atoms with E-state index in [0.29, 0.717) is 13.0 Å². The van der Waals surface area contributed by atoms with Crippen molar-refractivity contribution in [2.75, 3.05) is 18.6 Å². The molecule has 4 nitrogen and oxygen atoms in total. The molecule has 0 fully saturated rings. The first-order chi connectivity index (χ1) is 5.71. The molecule has 0 rings (SSSR count). The van der Waals surface area contributed by atoms with Gasteiger partial charge in [-0.1, -0.05) is 0 Å². The Morgan fingerprint density at radius 1 is 1.31 bits per heavy atom. The second-order valence-corrected chi connectivity index (χ2v) is 6.35. The fourth-order valence-electron chi connectivity index (χ4n) is 0.674. The van der Waals surface area contributed by atoms with Gasteiger partial charge in [0.2, 0.25) is 0 Å². The Kier molecular flexibility index (Phi) is 4.88. The molecular formula is C8H19NO3S. The van der Waals surface area contributed by atoms with Crippen molar-refractivity contribution in [3.63, 3.8) is 0 Å². The highest BCUT2D eigenvalue weighted by Crippen LogP contribution is 2.03. The number of nitrogens with one attached hydrogen (secondary N) is 1. The zero-order chi connectivity index (χ0) is 10.5. The van der Waals surface area contributed by atoms with Gasteiger partial charge in [-0.3, -0.25) is 4.84 Å². The number of hydroxylamine groups is 1. The third kappa shape index (κ3) is 11.9. The molecule has 0 aliphatic heterocycles. The van der Waals surface area contributed by atoms with E-state index in [1.165, 1.54) is 6.26 Å². The van der Waals surface area contributed by atoms with Gasteiger partial charge in [-0.25, -0.2) is 13.9 Å². The molecule has 0 amide bonds. The molecular weight excluding hydrogens is 190 g/mol. The smallest absolute Gasteiger partial charge is 0.147 e. The Morgan fingerprint density at radius 2 is 1.85 bits per heavy atom. The molecule has 80 valence electrons. The molecule has 0 bridgehead atoms. The quantitative estimate of drug-likeness (QED) is 0.536. The van der Waals surface area contributed by atoms with E-state index in [1.807, 2.05) is 20.8 Å². The standard InChI is InChI=1S/C8H19NO3S/c1-8(2,3)12-9-6-5-7-13(4,10)11/h9H,5-7H2,1-4H3. The van der Waals surface area contributed by atoms with Gasteiger partial charge in [0, 0.05) is 12.8 Å². The van der Waals surface area contributed by atoms with Crippen molar-refractivity contribution < 1.29 is 13.3 Å². The number of rotatable bonds is 5. The van der Waals surface area contributed by atoms with Crippen LogP contribution in [0.4, 0.5) is 0 Å². The van der Waals surface area contributed by atoms with Crippen LogP contribution in [0.25, 0.3) is 0 Å². The van der Waals surface area contributed by atoms with E-state index in [-0.39, 0.29) is 11.4 Å². The lowest BCUT2D eigenvalue weighted by Gasteiger charge is -2.19. The molecule has 5 heteroatoms. The molecule has 0 aromatic carbocycles. The monoisotopic (exact) mass is 209 g/mol. The lowest BCUT2D eigenvalue weighted by atomic mass is 10.2. The summed E-state index contributed by atoms with van der Waals surface area (Å²) in [6.45, 7) is 6.34. The minimum absolute atomic E-state index is 0.202. The summed E-state index contributed by atoms with van der Waals surface area (Å²) >= 11 is 0. The maximum atomic E-state index is 10.7. The molecule has 0 spiro atoms. The van der Waals surface area contributed by atoms with Crippen LogP contribution in [0, 0.1) is 0 Å². The number of sulfone groups is 1. The Balaban J connectivity index is 3.39. The molecule has 0 unspecified atom stereocenters. The first kappa shape index (κ1) is 12.9. The van der Waals surface area contributed by atoms with Gasteiger partial charge >= 0.3 is 0 Å². The van der Waals surface area contributed by atoms with Gasteiger partial charge in [-0.2, -0.15) is 0 Å². The predicted octanol–water partition coefficient (Wildman–Crippen LogP) is 0.741. The Bertz CT molecular complexity index is 228. The summed E-state index contributed by atoms with van der Waals surface area (Å²) in [6.07, 6.45) is 1.81. The molecule has 0 heterocycles. The molecule has 0 atom stereocenters. The molecule has 0 radical (unpaired) electrons. The summed E-state index contributed by atoms with van der Waals surface area (Å²) in [7, 11) is -2.84. The molecule has 0 saturated heterocycles. The zero-order valence-corrected chi connectivity index (χ0v) is 9.57. The van der Waals surface area contributed by atoms with Crippen LogP contribution in [0.1, 0.15) is 27.2 Å². The van der Waals surface area contributed by atoms with Gasteiger partial charge in [0.25, 0.3) is 0 Å². The van der Waals surface area contributed by atoms with Crippen LogP contribution in [-0.4, -0.2) is 32.6 Å². The maximum Gasteiger partial charge on any atom is 0.147 e. The molecule has 13 heavy (non-hydrogen) atoms. The molecule has 1 N–H and O–H groups in total. The topological polar surface area (TPSA) is 55.4 Å². The predicted molar refractivity (Wildman–Crippen MR) is 53.2 cm³/mol. The fraction of sp³-hybridized carbons (Fsp3) is 1.00. The largest absolute Gasteiger partial charge is 0.296 e. The first-order valence-corrected chi connectivity index (χ1v) is 6.35. The third-order valence-electron chi connectivity index (χ3n) is 1.17. The Morgan fingerprint density at radius 3 is 2.23 bits per heavy atom. The lowest BCUT2D eigenvalue weighted by Crippen LogP contribution is -2.30. The highest BCUT2D eigenvalue weighted by Gasteiger charge is 2.09. The van der Waals surface area contributed by atoms with Crippen molar-refractivity contribution in [1.82, 2.24) is 5.48 Å². The minimum Gasteiger partial charge on any atom is -0.296 e. The van der Waals surface area contributed by atoms with Crippen LogP contribution >= 0.6 is 0 Å². The van der Waals surface area contributed by atoms with Gasteiger partial charge in [-0.15, -0.1) is 0 Å². The summed E-state index contributed by atoms with van der Waals surface area (Å²) < 4.78 is 21.4. The minimum atomic E-state index is -2.84. The van der Waals surface area contributed by atoms with Gasteiger partial charge in [-0.05, 0) is 27.2 Å². The van der Waals surface area contributed by atoms with Crippen LogP contribution < -0.4 is 5.48 Å². The van der Waals surface area contributed by atoms with E-state index in [9.17, 15) is 8.42 Å². The lowest BCUT2D eigenvalue weighted by molar-refractivity contribution is -0.0720. The molecule has 0 aromatic heterocycles. The Hall–Kier alpha value is -0.130. The van der Waals surface area contributed by atoms with Crippen LogP contribution in [-0.2, 0) is 14.7 Å². The van der Waals surface area contributed by atoms with Crippen molar-refractivity contribution in [1.29, 1.82) is 0 Å². The highest BCUT2D eigenvalue weighted by molar-refractivity contribution is 7.90. The average Bonchev–Trinajstić information content (AvgIpc) is 1.81. The van der Waals surface area contributed by atoms with Crippen LogP contribution in [0.5, 0.6) is 0 Å². The van der Waals surface area contributed by atoms with Crippen molar-refractivity contribution in [2.45, 2.75) is 32.8 Å². The summed E-state index contributed by atoms with van der Waals surface area (Å²) in [5.74, 6) is 0.202. The summed E-state index contributed by atoms with van der Waals surface area (Å²) in [5, 5.41) is 0. The highest BCUT2D eigenvalue weighted by atomic mass is 32.2. The summed E-state index contributed by atoms with van der Waals surface area (Å²) in [6, 6.07) is 0. The average molecular weight is 209 g/mol. The zero-order valence-electron chi connectivity index (χ0n) is 8.75. The number of hydrogen-bond acceptors (Lipinski definition) is 4. The van der Waals surface area contributed by atoms with E-state index in [4.69, 9.17) is 4.84 Å². The number of hydrogen-bond donors (Lipinski definition) is 1. The van der Waals surface area contributed by atoms with Gasteiger partial charge in [0.15, 0.2) is 0 Å². The SMILES string of the molecule is CC(C)(C)ONCCCS(C)(=O)=O. The molecule has 0 aromatic rings. The van der Waals surface area contributed by atoms with Crippen molar-refractivity contribution >= 4 is 9.84 Å². The van der Waals surface area contributed by atoms with E-state index in [2.05, 4.69) is 5.48 Å². The molecule has 0 aliphatic rings. The first-order valence-electron chi connectivity index (χ1n) is 4.29. The molecule has 0 saturated carbocycles. The van der Waals surface area contributed by atoms with Gasteiger partial charge in [0.05, 0.1) is 11.4 Å². The van der Waals surface area contributed by atoms with Crippen LogP contribution in [0.15, 0.2) is 0 Å². The van der Waals surface area contributed by atoms with Crippen molar-refractivity contribution in [3.8, 4) is 0 Å². The van der Waals surface area contributed by atoms with E-state index >= 15 is 0 Å². The normalized spacial score (nSPS) is 13.2. The second kappa shape index (κ2) is 4.93. The van der Waals surface area contributed by atoms with Gasteiger partial charge < -0.3 is 0 Å². The van der Waals surface area contributed by atoms with Crippen LogP contribution in [0.2, 0.25) is 0 Å². The van der Waals surface area contributed by atoms with Gasteiger partial charge in [0.1, 0.15) is 9.84 Å².